The summed E-state index contributed by atoms with van der Waals surface area (Å²) < 4.78 is 28.6. The van der Waals surface area contributed by atoms with Gasteiger partial charge in [0.25, 0.3) is 15.9 Å². The van der Waals surface area contributed by atoms with E-state index >= 15 is 0 Å². The van der Waals surface area contributed by atoms with E-state index in [9.17, 15) is 13.2 Å². The van der Waals surface area contributed by atoms with Crippen molar-refractivity contribution in [1.29, 1.82) is 0 Å². The highest BCUT2D eigenvalue weighted by molar-refractivity contribution is 9.10. The predicted molar refractivity (Wildman–Crippen MR) is 116 cm³/mol. The number of benzene rings is 3. The van der Waals surface area contributed by atoms with Gasteiger partial charge in [-0.3, -0.25) is 9.52 Å². The third-order valence-electron chi connectivity index (χ3n) is 3.69. The highest BCUT2D eigenvalue weighted by atomic mass is 79.9. The van der Waals surface area contributed by atoms with Gasteiger partial charge in [-0.25, -0.2) is 8.42 Å². The number of hydrogen-bond donors (Lipinski definition) is 2. The van der Waals surface area contributed by atoms with Crippen LogP contribution in [0.15, 0.2) is 76.1 Å². The van der Waals surface area contributed by atoms with Crippen LogP contribution in [0.4, 0.5) is 11.4 Å². The van der Waals surface area contributed by atoms with Gasteiger partial charge in [0.05, 0.1) is 15.5 Å². The van der Waals surface area contributed by atoms with E-state index in [4.69, 9.17) is 23.2 Å². The van der Waals surface area contributed by atoms with Gasteiger partial charge in [-0.05, 0) is 66.7 Å². The monoisotopic (exact) mass is 498 g/mol. The van der Waals surface area contributed by atoms with Crippen LogP contribution in [0.25, 0.3) is 0 Å². The second-order valence-corrected chi connectivity index (χ2v) is 9.16. The third kappa shape index (κ3) is 5.05. The molecule has 0 radical (unpaired) electrons. The van der Waals surface area contributed by atoms with Crippen molar-refractivity contribution < 1.29 is 13.2 Å². The Morgan fingerprint density at radius 3 is 2.11 bits per heavy atom. The topological polar surface area (TPSA) is 75.3 Å². The Bertz CT molecular complexity index is 1120. The molecule has 0 heterocycles. The molecule has 0 aliphatic rings. The number of halogens is 3. The van der Waals surface area contributed by atoms with Gasteiger partial charge >= 0.3 is 0 Å². The normalized spacial score (nSPS) is 11.1. The summed E-state index contributed by atoms with van der Waals surface area (Å²) in [6, 6.07) is 17.1. The standard InChI is InChI=1S/C19H13BrCl2N2O3S/c20-12-1-5-15(6-2-12)24-28(26,27)16-9-10-18(22)17(11-16)19(25)23-14-7-3-13(21)4-8-14/h1-11,24H,(H,23,25). The maximum Gasteiger partial charge on any atom is 0.261 e. The first-order valence-corrected chi connectivity index (χ1v) is 10.9. The van der Waals surface area contributed by atoms with E-state index in [1.807, 2.05) is 0 Å². The van der Waals surface area contributed by atoms with Crippen LogP contribution >= 0.6 is 39.1 Å². The minimum atomic E-state index is -3.90. The smallest absolute Gasteiger partial charge is 0.261 e. The molecule has 28 heavy (non-hydrogen) atoms. The summed E-state index contributed by atoms with van der Waals surface area (Å²) >= 11 is 15.2. The molecule has 3 aromatic rings. The summed E-state index contributed by atoms with van der Waals surface area (Å²) in [5.74, 6) is -0.534. The number of rotatable bonds is 5. The minimum absolute atomic E-state index is 0.0373. The molecule has 0 aliphatic heterocycles. The lowest BCUT2D eigenvalue weighted by atomic mass is 10.2. The number of carbonyl (C=O) groups excluding carboxylic acids is 1. The third-order valence-corrected chi connectivity index (χ3v) is 6.18. The van der Waals surface area contributed by atoms with Crippen LogP contribution in [0.5, 0.6) is 0 Å². The molecule has 9 heteroatoms. The van der Waals surface area contributed by atoms with Crippen molar-refractivity contribution in [3.63, 3.8) is 0 Å². The van der Waals surface area contributed by atoms with Crippen LogP contribution in [0.3, 0.4) is 0 Å². The summed E-state index contributed by atoms with van der Waals surface area (Å²) in [6.45, 7) is 0. The first-order chi connectivity index (χ1) is 13.2. The maximum atomic E-state index is 12.7. The molecular weight excluding hydrogens is 487 g/mol. The maximum absolute atomic E-state index is 12.7. The molecule has 0 fully saturated rings. The van der Waals surface area contributed by atoms with Crippen molar-refractivity contribution in [2.45, 2.75) is 4.90 Å². The lowest BCUT2D eigenvalue weighted by molar-refractivity contribution is 0.102. The van der Waals surface area contributed by atoms with E-state index in [1.165, 1.54) is 18.2 Å². The van der Waals surface area contributed by atoms with Gasteiger partial charge in [0.2, 0.25) is 0 Å². The van der Waals surface area contributed by atoms with Gasteiger partial charge in [-0.2, -0.15) is 0 Å². The van der Waals surface area contributed by atoms with E-state index in [0.717, 1.165) is 4.47 Å². The first-order valence-electron chi connectivity index (χ1n) is 7.89. The van der Waals surface area contributed by atoms with Crippen LogP contribution in [0.2, 0.25) is 10.0 Å². The lowest BCUT2D eigenvalue weighted by Gasteiger charge is -2.11. The van der Waals surface area contributed by atoms with Crippen molar-refractivity contribution in [1.82, 2.24) is 0 Å². The number of sulfonamides is 1. The largest absolute Gasteiger partial charge is 0.322 e. The average Bonchev–Trinajstić information content (AvgIpc) is 2.65. The summed E-state index contributed by atoms with van der Waals surface area (Å²) in [6.07, 6.45) is 0. The van der Waals surface area contributed by atoms with E-state index < -0.39 is 15.9 Å². The van der Waals surface area contributed by atoms with Gasteiger partial charge in [-0.15, -0.1) is 0 Å². The number of amides is 1. The molecule has 0 bridgehead atoms. The second-order valence-electron chi connectivity index (χ2n) is 5.72. The second kappa shape index (κ2) is 8.53. The average molecular weight is 500 g/mol. The first kappa shape index (κ1) is 20.7. The predicted octanol–water partition coefficient (Wildman–Crippen LogP) is 5.81. The molecule has 0 saturated carbocycles. The Kier molecular flexibility index (Phi) is 6.30. The molecule has 3 rings (SSSR count). The van der Waals surface area contributed by atoms with Gasteiger partial charge < -0.3 is 5.32 Å². The molecule has 5 nitrogen and oxygen atoms in total. The van der Waals surface area contributed by atoms with Crippen LogP contribution in [0.1, 0.15) is 10.4 Å². The highest BCUT2D eigenvalue weighted by Crippen LogP contribution is 2.24. The zero-order chi connectivity index (χ0) is 20.3. The molecule has 0 aromatic heterocycles. The van der Waals surface area contributed by atoms with Crippen molar-refractivity contribution in [2.75, 3.05) is 10.0 Å². The summed E-state index contributed by atoms with van der Waals surface area (Å²) in [7, 11) is -3.90. The van der Waals surface area contributed by atoms with Gasteiger partial charge in [0.15, 0.2) is 0 Å². The summed E-state index contributed by atoms with van der Waals surface area (Å²) in [4.78, 5) is 12.5. The van der Waals surface area contributed by atoms with E-state index in [-0.39, 0.29) is 15.5 Å². The fourth-order valence-corrected chi connectivity index (χ4v) is 3.99. The van der Waals surface area contributed by atoms with Gasteiger partial charge in [0, 0.05) is 20.9 Å². The zero-order valence-corrected chi connectivity index (χ0v) is 18.0. The molecule has 3 aromatic carbocycles. The molecule has 0 atom stereocenters. The fraction of sp³-hybridized carbons (Fsp3) is 0. The van der Waals surface area contributed by atoms with Crippen molar-refractivity contribution in [3.8, 4) is 0 Å². The minimum Gasteiger partial charge on any atom is -0.322 e. The summed E-state index contributed by atoms with van der Waals surface area (Å²) in [5.41, 5.74) is 0.937. The molecule has 1 amide bonds. The SMILES string of the molecule is O=C(Nc1ccc(Cl)cc1)c1cc(S(=O)(=O)Nc2ccc(Br)cc2)ccc1Cl. The number of hydrogen-bond acceptors (Lipinski definition) is 3. The Labute approximate surface area is 180 Å². The van der Waals surface area contributed by atoms with Crippen molar-refractivity contribution in [2.24, 2.45) is 0 Å². The number of nitrogens with one attached hydrogen (secondary N) is 2. The molecule has 0 aliphatic carbocycles. The van der Waals surface area contributed by atoms with E-state index in [1.54, 1.807) is 48.5 Å². The van der Waals surface area contributed by atoms with Crippen LogP contribution < -0.4 is 10.0 Å². The molecule has 144 valence electrons. The van der Waals surface area contributed by atoms with E-state index in [2.05, 4.69) is 26.0 Å². The number of anilines is 2. The Balaban J connectivity index is 1.86. The zero-order valence-electron chi connectivity index (χ0n) is 14.1. The fourth-order valence-electron chi connectivity index (χ4n) is 2.31. The molecule has 0 unspecified atom stereocenters. The molecular formula is C19H13BrCl2N2O3S. The van der Waals surface area contributed by atoms with Crippen LogP contribution in [0, 0.1) is 0 Å². The molecule has 0 saturated heterocycles. The Morgan fingerprint density at radius 2 is 1.46 bits per heavy atom. The van der Waals surface area contributed by atoms with Crippen LogP contribution in [-0.4, -0.2) is 14.3 Å². The highest BCUT2D eigenvalue weighted by Gasteiger charge is 2.19. The van der Waals surface area contributed by atoms with Crippen LogP contribution in [-0.2, 0) is 10.0 Å². The van der Waals surface area contributed by atoms with Crippen molar-refractivity contribution in [3.05, 3.63) is 86.8 Å². The Morgan fingerprint density at radius 1 is 0.857 bits per heavy atom. The van der Waals surface area contributed by atoms with Gasteiger partial charge in [0.1, 0.15) is 0 Å². The van der Waals surface area contributed by atoms with Crippen molar-refractivity contribution >= 4 is 66.4 Å². The molecule has 0 spiro atoms. The number of carbonyl (C=O) groups is 1. The quantitative estimate of drug-likeness (QED) is 0.465. The lowest BCUT2D eigenvalue weighted by Crippen LogP contribution is -2.16. The van der Waals surface area contributed by atoms with Gasteiger partial charge in [-0.1, -0.05) is 39.1 Å². The summed E-state index contributed by atoms with van der Waals surface area (Å²) in [5, 5.41) is 3.32. The van der Waals surface area contributed by atoms with E-state index in [0.29, 0.717) is 16.4 Å². The molecule has 2 N–H and O–H groups in total. The Hall–Kier alpha value is -2.06.